The molecule has 0 aliphatic carbocycles. The first kappa shape index (κ1) is 19.8. The van der Waals surface area contributed by atoms with E-state index in [-0.39, 0.29) is 18.3 Å². The largest absolute Gasteiger partial charge is 0.493 e. The van der Waals surface area contributed by atoms with E-state index in [4.69, 9.17) is 4.74 Å². The number of ether oxygens (including phenoxy) is 1. The minimum absolute atomic E-state index is 0. The van der Waals surface area contributed by atoms with Crippen LogP contribution in [0.3, 0.4) is 0 Å². The van der Waals surface area contributed by atoms with Crippen LogP contribution < -0.4 is 10.1 Å². The fourth-order valence-electron chi connectivity index (χ4n) is 2.97. The highest BCUT2D eigenvalue weighted by Gasteiger charge is 2.21. The molecular weight excluding hydrogens is 312 g/mol. The highest BCUT2D eigenvalue weighted by atomic mass is 35.5. The molecule has 4 nitrogen and oxygen atoms in total. The van der Waals surface area contributed by atoms with E-state index >= 15 is 0 Å². The van der Waals surface area contributed by atoms with Crippen LogP contribution in [0.1, 0.15) is 36.0 Å². The third kappa shape index (κ3) is 5.40. The molecule has 0 spiro atoms. The summed E-state index contributed by atoms with van der Waals surface area (Å²) in [4.78, 5) is 14.2. The zero-order chi connectivity index (χ0) is 16.1. The number of piperidine rings is 1. The average molecular weight is 341 g/mol. The molecule has 0 aromatic heterocycles. The van der Waals surface area contributed by atoms with Gasteiger partial charge in [-0.3, -0.25) is 4.79 Å². The second kappa shape index (κ2) is 9.14. The smallest absolute Gasteiger partial charge is 0.225 e. The van der Waals surface area contributed by atoms with Crippen LogP contribution in [0, 0.1) is 20.8 Å². The Hall–Kier alpha value is -1.26. The van der Waals surface area contributed by atoms with Crippen LogP contribution in [0.2, 0.25) is 0 Å². The van der Waals surface area contributed by atoms with E-state index in [9.17, 15) is 4.79 Å². The summed E-state index contributed by atoms with van der Waals surface area (Å²) < 4.78 is 5.84. The number of halogens is 1. The Bertz CT molecular complexity index is 526. The summed E-state index contributed by atoms with van der Waals surface area (Å²) >= 11 is 0. The van der Waals surface area contributed by atoms with Gasteiger partial charge in [-0.05, 0) is 63.4 Å². The van der Waals surface area contributed by atoms with Gasteiger partial charge in [0.1, 0.15) is 5.75 Å². The molecule has 1 aliphatic rings. The van der Waals surface area contributed by atoms with Gasteiger partial charge in [0.15, 0.2) is 0 Å². The quantitative estimate of drug-likeness (QED) is 0.895. The number of nitrogens with one attached hydrogen (secondary N) is 1. The lowest BCUT2D eigenvalue weighted by molar-refractivity contribution is -0.132. The van der Waals surface area contributed by atoms with Crippen LogP contribution in [0.5, 0.6) is 5.75 Å². The van der Waals surface area contributed by atoms with Crippen molar-refractivity contribution in [1.82, 2.24) is 10.2 Å². The maximum atomic E-state index is 12.2. The second-order valence-corrected chi connectivity index (χ2v) is 6.25. The molecule has 1 aromatic rings. The molecule has 1 amide bonds. The molecule has 0 saturated carbocycles. The van der Waals surface area contributed by atoms with Crippen LogP contribution in [0.4, 0.5) is 0 Å². The number of hydrogen-bond acceptors (Lipinski definition) is 3. The fraction of sp³-hybridized carbons (Fsp3) is 0.611. The van der Waals surface area contributed by atoms with Gasteiger partial charge in [-0.25, -0.2) is 0 Å². The van der Waals surface area contributed by atoms with Crippen molar-refractivity contribution >= 4 is 18.3 Å². The van der Waals surface area contributed by atoms with Crippen LogP contribution in [-0.2, 0) is 4.79 Å². The van der Waals surface area contributed by atoms with Gasteiger partial charge < -0.3 is 15.0 Å². The number of carbonyl (C=O) groups excluding carboxylic acids is 1. The third-order valence-electron chi connectivity index (χ3n) is 4.59. The topological polar surface area (TPSA) is 41.6 Å². The molecule has 2 rings (SSSR count). The SMILES string of the molecule is CNC1CCN(C(=O)CCOc2cc(C)cc(C)c2C)CC1.Cl. The van der Waals surface area contributed by atoms with Gasteiger partial charge in [0.05, 0.1) is 13.0 Å². The Labute approximate surface area is 146 Å². The number of nitrogens with zero attached hydrogens (tertiary/aromatic N) is 1. The lowest BCUT2D eigenvalue weighted by Crippen LogP contribution is -2.44. The molecule has 1 N–H and O–H groups in total. The lowest BCUT2D eigenvalue weighted by Gasteiger charge is -2.31. The fourth-order valence-corrected chi connectivity index (χ4v) is 2.97. The van der Waals surface area contributed by atoms with E-state index in [2.05, 4.69) is 32.2 Å². The maximum Gasteiger partial charge on any atom is 0.225 e. The van der Waals surface area contributed by atoms with Gasteiger partial charge in [-0.15, -0.1) is 12.4 Å². The Kier molecular flexibility index (Phi) is 7.86. The zero-order valence-electron chi connectivity index (χ0n) is 14.6. The first-order valence-electron chi connectivity index (χ1n) is 8.17. The molecule has 130 valence electrons. The molecule has 0 unspecified atom stereocenters. The normalized spacial score (nSPS) is 15.2. The molecular formula is C18H29ClN2O2. The van der Waals surface area contributed by atoms with Crippen LogP contribution in [0.15, 0.2) is 12.1 Å². The standard InChI is InChI=1S/C18H28N2O2.ClH/c1-13-11-14(2)15(3)17(12-13)22-10-7-18(21)20-8-5-16(19-4)6-9-20;/h11-12,16,19H,5-10H2,1-4H3;1H. The highest BCUT2D eigenvalue weighted by molar-refractivity contribution is 5.85. The number of benzene rings is 1. The second-order valence-electron chi connectivity index (χ2n) is 6.25. The van der Waals surface area contributed by atoms with Crippen molar-refractivity contribution in [2.75, 3.05) is 26.7 Å². The Balaban J connectivity index is 0.00000264. The molecule has 1 aromatic carbocycles. The third-order valence-corrected chi connectivity index (χ3v) is 4.59. The summed E-state index contributed by atoms with van der Waals surface area (Å²) in [5.74, 6) is 1.11. The summed E-state index contributed by atoms with van der Waals surface area (Å²) in [6.07, 6.45) is 2.54. The van der Waals surface area contributed by atoms with Crippen molar-refractivity contribution in [2.45, 2.75) is 46.1 Å². The molecule has 1 saturated heterocycles. The predicted molar refractivity (Wildman–Crippen MR) is 96.7 cm³/mol. The van der Waals surface area contributed by atoms with Crippen molar-refractivity contribution in [1.29, 1.82) is 0 Å². The van der Waals surface area contributed by atoms with E-state index in [0.29, 0.717) is 19.1 Å². The highest BCUT2D eigenvalue weighted by Crippen LogP contribution is 2.23. The number of amides is 1. The van der Waals surface area contributed by atoms with Gasteiger partial charge in [0.2, 0.25) is 5.91 Å². The molecule has 1 aliphatic heterocycles. The van der Waals surface area contributed by atoms with Crippen molar-refractivity contribution in [2.24, 2.45) is 0 Å². The van der Waals surface area contributed by atoms with E-state index in [1.165, 1.54) is 11.1 Å². The van der Waals surface area contributed by atoms with E-state index in [0.717, 1.165) is 37.2 Å². The molecule has 23 heavy (non-hydrogen) atoms. The first-order valence-corrected chi connectivity index (χ1v) is 8.17. The molecule has 1 heterocycles. The van der Waals surface area contributed by atoms with Gasteiger partial charge in [0.25, 0.3) is 0 Å². The molecule has 0 atom stereocenters. The summed E-state index contributed by atoms with van der Waals surface area (Å²) in [7, 11) is 1.99. The molecule has 5 heteroatoms. The van der Waals surface area contributed by atoms with E-state index in [1.807, 2.05) is 18.0 Å². The summed E-state index contributed by atoms with van der Waals surface area (Å²) in [6.45, 7) is 8.38. The first-order chi connectivity index (χ1) is 10.5. The Morgan fingerprint density at radius 1 is 1.26 bits per heavy atom. The summed E-state index contributed by atoms with van der Waals surface area (Å²) in [5, 5.41) is 3.28. The average Bonchev–Trinajstić information content (AvgIpc) is 2.51. The predicted octanol–water partition coefficient (Wildman–Crippen LogP) is 3.01. The number of rotatable bonds is 5. The maximum absolute atomic E-state index is 12.2. The summed E-state index contributed by atoms with van der Waals surface area (Å²) in [6, 6.07) is 4.75. The lowest BCUT2D eigenvalue weighted by atomic mass is 10.1. The Morgan fingerprint density at radius 3 is 2.52 bits per heavy atom. The van der Waals surface area contributed by atoms with Crippen molar-refractivity contribution in [3.8, 4) is 5.75 Å². The van der Waals surface area contributed by atoms with Gasteiger partial charge >= 0.3 is 0 Å². The van der Waals surface area contributed by atoms with E-state index < -0.39 is 0 Å². The number of aryl methyl sites for hydroxylation is 2. The Morgan fingerprint density at radius 2 is 1.91 bits per heavy atom. The van der Waals surface area contributed by atoms with Crippen molar-refractivity contribution < 1.29 is 9.53 Å². The minimum atomic E-state index is 0. The van der Waals surface area contributed by atoms with Crippen LogP contribution >= 0.6 is 12.4 Å². The van der Waals surface area contributed by atoms with Gasteiger partial charge in [-0.2, -0.15) is 0 Å². The number of carbonyl (C=O) groups is 1. The van der Waals surface area contributed by atoms with Gasteiger partial charge in [-0.1, -0.05) is 6.07 Å². The summed E-state index contributed by atoms with van der Waals surface area (Å²) in [5.41, 5.74) is 3.59. The number of hydrogen-bond donors (Lipinski definition) is 1. The van der Waals surface area contributed by atoms with Crippen molar-refractivity contribution in [3.63, 3.8) is 0 Å². The molecule has 0 bridgehead atoms. The van der Waals surface area contributed by atoms with Crippen LogP contribution in [0.25, 0.3) is 0 Å². The zero-order valence-corrected chi connectivity index (χ0v) is 15.5. The molecule has 0 radical (unpaired) electrons. The van der Waals surface area contributed by atoms with Gasteiger partial charge in [0, 0.05) is 19.1 Å². The minimum Gasteiger partial charge on any atom is -0.493 e. The monoisotopic (exact) mass is 340 g/mol. The van der Waals surface area contributed by atoms with E-state index in [1.54, 1.807) is 0 Å². The molecule has 1 fully saturated rings. The van der Waals surface area contributed by atoms with Crippen LogP contribution in [-0.4, -0.2) is 43.6 Å². The van der Waals surface area contributed by atoms with Crippen molar-refractivity contribution in [3.05, 3.63) is 28.8 Å². The number of likely N-dealkylation sites (tertiary alicyclic amines) is 1.